The fourth-order valence-corrected chi connectivity index (χ4v) is 1.84. The van der Waals surface area contributed by atoms with Crippen LogP contribution in [-0.4, -0.2) is 26.2 Å². The number of methoxy groups -OCH3 is 1. The minimum atomic E-state index is -0.660. The summed E-state index contributed by atoms with van der Waals surface area (Å²) >= 11 is 0. The molecular weight excluding hydrogens is 263 g/mol. The van der Waals surface area contributed by atoms with Gasteiger partial charge in [-0.3, -0.25) is 0 Å². The third-order valence-corrected chi connectivity index (χ3v) is 2.83. The third kappa shape index (κ3) is 4.53. The van der Waals surface area contributed by atoms with Crippen LogP contribution in [0.3, 0.4) is 0 Å². The standard InChI is InChI=1S/C13H17FN4O2/c1-9-8-10(14)4-5-11(9)12(13(19)20-2)16-6-3-7-17-18-15/h4-5,8,12,16H,3,6-7H2,1-2H3. The molecule has 1 N–H and O–H groups in total. The normalized spacial score (nSPS) is 11.6. The average molecular weight is 280 g/mol. The molecule has 0 aliphatic carbocycles. The van der Waals surface area contributed by atoms with Crippen molar-refractivity contribution in [1.82, 2.24) is 5.32 Å². The number of halogens is 1. The fourth-order valence-electron chi connectivity index (χ4n) is 1.84. The molecule has 0 aliphatic rings. The molecule has 0 aliphatic heterocycles. The molecular formula is C13H17FN4O2. The van der Waals surface area contributed by atoms with Crippen LogP contribution in [0.15, 0.2) is 23.3 Å². The van der Waals surface area contributed by atoms with Crippen molar-refractivity contribution < 1.29 is 13.9 Å². The Balaban J connectivity index is 2.78. The molecule has 0 fully saturated rings. The smallest absolute Gasteiger partial charge is 0.327 e. The van der Waals surface area contributed by atoms with Crippen LogP contribution in [0.1, 0.15) is 23.6 Å². The van der Waals surface area contributed by atoms with Gasteiger partial charge in [-0.2, -0.15) is 0 Å². The van der Waals surface area contributed by atoms with Crippen molar-refractivity contribution in [2.24, 2.45) is 5.11 Å². The van der Waals surface area contributed by atoms with Gasteiger partial charge in [-0.05, 0) is 48.7 Å². The Morgan fingerprint density at radius 2 is 2.35 bits per heavy atom. The lowest BCUT2D eigenvalue weighted by atomic mass is 10.0. The molecule has 0 aromatic heterocycles. The Bertz CT molecular complexity index is 515. The van der Waals surface area contributed by atoms with Crippen LogP contribution >= 0.6 is 0 Å². The van der Waals surface area contributed by atoms with E-state index >= 15 is 0 Å². The molecule has 0 heterocycles. The third-order valence-electron chi connectivity index (χ3n) is 2.83. The van der Waals surface area contributed by atoms with Crippen molar-refractivity contribution in [3.63, 3.8) is 0 Å². The Kier molecular flexibility index (Phi) is 6.49. The largest absolute Gasteiger partial charge is 0.468 e. The van der Waals surface area contributed by atoms with Gasteiger partial charge in [-0.1, -0.05) is 11.2 Å². The second-order valence-electron chi connectivity index (χ2n) is 4.22. The maximum Gasteiger partial charge on any atom is 0.327 e. The number of benzene rings is 1. The predicted octanol–water partition coefficient (Wildman–Crippen LogP) is 2.64. The number of ether oxygens (including phenoxy) is 1. The molecule has 108 valence electrons. The van der Waals surface area contributed by atoms with E-state index in [4.69, 9.17) is 10.3 Å². The second-order valence-corrected chi connectivity index (χ2v) is 4.22. The molecule has 1 unspecified atom stereocenters. The number of hydrogen-bond acceptors (Lipinski definition) is 4. The Labute approximate surface area is 116 Å². The van der Waals surface area contributed by atoms with Crippen LogP contribution in [0.2, 0.25) is 0 Å². The molecule has 0 radical (unpaired) electrons. The van der Waals surface area contributed by atoms with Crippen molar-refractivity contribution in [2.45, 2.75) is 19.4 Å². The number of esters is 1. The molecule has 1 rings (SSSR count). The predicted molar refractivity (Wildman–Crippen MR) is 72.5 cm³/mol. The van der Waals surface area contributed by atoms with Gasteiger partial charge in [0.05, 0.1) is 7.11 Å². The van der Waals surface area contributed by atoms with E-state index in [1.807, 2.05) is 0 Å². The summed E-state index contributed by atoms with van der Waals surface area (Å²) in [7, 11) is 1.30. The number of carbonyl (C=O) groups excluding carboxylic acids is 1. The van der Waals surface area contributed by atoms with E-state index in [9.17, 15) is 9.18 Å². The zero-order valence-corrected chi connectivity index (χ0v) is 11.5. The molecule has 1 aromatic carbocycles. The summed E-state index contributed by atoms with van der Waals surface area (Å²) in [5.41, 5.74) is 9.51. The monoisotopic (exact) mass is 280 g/mol. The summed E-state index contributed by atoms with van der Waals surface area (Å²) < 4.78 is 17.9. The summed E-state index contributed by atoms with van der Waals surface area (Å²) in [6.45, 7) is 2.56. The molecule has 7 heteroatoms. The first-order valence-electron chi connectivity index (χ1n) is 6.18. The van der Waals surface area contributed by atoms with Crippen molar-refractivity contribution in [2.75, 3.05) is 20.2 Å². The van der Waals surface area contributed by atoms with Gasteiger partial charge in [-0.25, -0.2) is 9.18 Å². The fraction of sp³-hybridized carbons (Fsp3) is 0.462. The van der Waals surface area contributed by atoms with E-state index in [0.717, 1.165) is 0 Å². The van der Waals surface area contributed by atoms with Crippen molar-refractivity contribution in [3.05, 3.63) is 45.6 Å². The van der Waals surface area contributed by atoms with Gasteiger partial charge < -0.3 is 10.1 Å². The average Bonchev–Trinajstić information content (AvgIpc) is 2.43. The first-order valence-corrected chi connectivity index (χ1v) is 6.18. The van der Waals surface area contributed by atoms with E-state index < -0.39 is 12.0 Å². The highest BCUT2D eigenvalue weighted by Crippen LogP contribution is 2.20. The quantitative estimate of drug-likeness (QED) is 0.274. The SMILES string of the molecule is COC(=O)C(NCCCN=[N+]=[N-])c1ccc(F)cc1C. The lowest BCUT2D eigenvalue weighted by molar-refractivity contribution is -0.143. The van der Waals surface area contributed by atoms with Crippen molar-refractivity contribution in [3.8, 4) is 0 Å². The maximum absolute atomic E-state index is 13.1. The van der Waals surface area contributed by atoms with Crippen molar-refractivity contribution >= 4 is 5.97 Å². The van der Waals surface area contributed by atoms with Crippen LogP contribution in [0.25, 0.3) is 10.4 Å². The van der Waals surface area contributed by atoms with E-state index in [0.29, 0.717) is 30.6 Å². The molecule has 20 heavy (non-hydrogen) atoms. The van der Waals surface area contributed by atoms with Gasteiger partial charge in [0.2, 0.25) is 0 Å². The van der Waals surface area contributed by atoms with E-state index in [1.54, 1.807) is 13.0 Å². The van der Waals surface area contributed by atoms with Gasteiger partial charge in [0.1, 0.15) is 11.9 Å². The number of aryl methyl sites for hydroxylation is 1. The number of hydrogen-bond donors (Lipinski definition) is 1. The molecule has 0 bridgehead atoms. The minimum Gasteiger partial charge on any atom is -0.468 e. The van der Waals surface area contributed by atoms with E-state index in [2.05, 4.69) is 15.3 Å². The minimum absolute atomic E-state index is 0.347. The molecule has 0 amide bonds. The van der Waals surface area contributed by atoms with E-state index in [-0.39, 0.29) is 5.82 Å². The lowest BCUT2D eigenvalue weighted by Crippen LogP contribution is -2.31. The van der Waals surface area contributed by atoms with E-state index in [1.165, 1.54) is 19.2 Å². The van der Waals surface area contributed by atoms with Crippen LogP contribution in [0.5, 0.6) is 0 Å². The van der Waals surface area contributed by atoms with Gasteiger partial charge in [0.25, 0.3) is 0 Å². The Morgan fingerprint density at radius 1 is 1.60 bits per heavy atom. The highest BCUT2D eigenvalue weighted by molar-refractivity contribution is 5.78. The van der Waals surface area contributed by atoms with Gasteiger partial charge in [0.15, 0.2) is 0 Å². The number of nitrogens with zero attached hydrogens (tertiary/aromatic N) is 3. The highest BCUT2D eigenvalue weighted by atomic mass is 19.1. The summed E-state index contributed by atoms with van der Waals surface area (Å²) in [5.74, 6) is -0.790. The topological polar surface area (TPSA) is 87.1 Å². The number of azide groups is 1. The zero-order valence-electron chi connectivity index (χ0n) is 11.5. The molecule has 6 nitrogen and oxygen atoms in total. The lowest BCUT2D eigenvalue weighted by Gasteiger charge is -2.18. The first-order chi connectivity index (χ1) is 9.60. The Morgan fingerprint density at radius 3 is 2.95 bits per heavy atom. The molecule has 0 saturated carbocycles. The van der Waals surface area contributed by atoms with Gasteiger partial charge in [-0.15, -0.1) is 0 Å². The first kappa shape index (κ1) is 15.9. The number of carbonyl (C=O) groups is 1. The molecule has 1 atom stereocenters. The maximum atomic E-state index is 13.1. The van der Waals surface area contributed by atoms with Crippen LogP contribution in [0.4, 0.5) is 4.39 Å². The summed E-state index contributed by atoms with van der Waals surface area (Å²) in [6.07, 6.45) is 0.595. The molecule has 0 spiro atoms. The molecule has 1 aromatic rings. The number of nitrogens with one attached hydrogen (secondary N) is 1. The number of rotatable bonds is 7. The molecule has 0 saturated heterocycles. The van der Waals surface area contributed by atoms with Crippen LogP contribution in [0, 0.1) is 12.7 Å². The van der Waals surface area contributed by atoms with Crippen molar-refractivity contribution in [1.29, 1.82) is 0 Å². The summed E-state index contributed by atoms with van der Waals surface area (Å²) in [4.78, 5) is 14.5. The Hall–Kier alpha value is -2.11. The summed E-state index contributed by atoms with van der Waals surface area (Å²) in [6, 6.07) is 3.58. The van der Waals surface area contributed by atoms with Crippen LogP contribution < -0.4 is 5.32 Å². The van der Waals surface area contributed by atoms with Gasteiger partial charge in [0, 0.05) is 11.5 Å². The second kappa shape index (κ2) is 8.14. The van der Waals surface area contributed by atoms with Crippen LogP contribution in [-0.2, 0) is 9.53 Å². The zero-order chi connectivity index (χ0) is 15.0. The summed E-state index contributed by atoms with van der Waals surface area (Å²) in [5, 5.41) is 6.44. The van der Waals surface area contributed by atoms with Gasteiger partial charge >= 0.3 is 5.97 Å². The highest BCUT2D eigenvalue weighted by Gasteiger charge is 2.22.